The lowest BCUT2D eigenvalue weighted by atomic mass is 9.86. The molecule has 1 aliphatic rings. The zero-order chi connectivity index (χ0) is 20.1. The van der Waals surface area contributed by atoms with Crippen molar-refractivity contribution in [1.29, 1.82) is 0 Å². The van der Waals surface area contributed by atoms with Crippen LogP contribution in [0.25, 0.3) is 0 Å². The van der Waals surface area contributed by atoms with Gasteiger partial charge in [-0.05, 0) is 49.2 Å². The van der Waals surface area contributed by atoms with Crippen LogP contribution in [-0.2, 0) is 4.79 Å². The van der Waals surface area contributed by atoms with Crippen molar-refractivity contribution in [3.63, 3.8) is 0 Å². The summed E-state index contributed by atoms with van der Waals surface area (Å²) in [5.74, 6) is 0.390. The lowest BCUT2D eigenvalue weighted by Gasteiger charge is -2.30. The highest BCUT2D eigenvalue weighted by Gasteiger charge is 2.52. The molecule has 2 heteroatoms. The zero-order valence-electron chi connectivity index (χ0n) is 16.8. The molecule has 3 aromatic rings. The van der Waals surface area contributed by atoms with Crippen LogP contribution < -0.4 is 15.9 Å². The second-order valence-electron chi connectivity index (χ2n) is 7.82. The van der Waals surface area contributed by atoms with Crippen molar-refractivity contribution < 1.29 is 4.79 Å². The molecular weight excluding hydrogens is 371 g/mol. The summed E-state index contributed by atoms with van der Waals surface area (Å²) in [6, 6.07) is 31.6. The number of benzene rings is 3. The van der Waals surface area contributed by atoms with Crippen LogP contribution in [0.4, 0.5) is 0 Å². The molecule has 0 saturated heterocycles. The van der Waals surface area contributed by atoms with Crippen LogP contribution in [0, 0.1) is 5.92 Å². The number of ketones is 1. The molecule has 0 amide bonds. The van der Waals surface area contributed by atoms with Gasteiger partial charge in [-0.25, -0.2) is 0 Å². The van der Waals surface area contributed by atoms with E-state index in [1.54, 1.807) is 0 Å². The van der Waals surface area contributed by atoms with E-state index in [0.717, 1.165) is 31.0 Å². The summed E-state index contributed by atoms with van der Waals surface area (Å²) in [7, 11) is -2.31. The van der Waals surface area contributed by atoms with Gasteiger partial charge in [0.05, 0.1) is 0 Å². The molecule has 0 aromatic heterocycles. The fourth-order valence-electron chi connectivity index (χ4n) is 4.64. The molecule has 3 aromatic carbocycles. The van der Waals surface area contributed by atoms with Crippen molar-refractivity contribution in [3.8, 4) is 0 Å². The minimum Gasteiger partial charge on any atom is -0.290 e. The molecule has 0 unspecified atom stereocenters. The number of hydrogen-bond acceptors (Lipinski definition) is 1. The molecule has 0 atom stereocenters. The quantitative estimate of drug-likeness (QED) is 0.387. The molecule has 0 spiro atoms. The molecule has 0 aliphatic heterocycles. The predicted molar refractivity (Wildman–Crippen MR) is 126 cm³/mol. The number of rotatable bonds is 6. The van der Waals surface area contributed by atoms with E-state index >= 15 is 0 Å². The highest BCUT2D eigenvalue weighted by atomic mass is 31.2. The Morgan fingerprint density at radius 2 is 1.03 bits per heavy atom. The van der Waals surface area contributed by atoms with Gasteiger partial charge >= 0.3 is 0 Å². The molecule has 0 N–H and O–H groups in total. The molecule has 1 aliphatic carbocycles. The first-order valence-electron chi connectivity index (χ1n) is 10.5. The Morgan fingerprint density at radius 1 is 0.655 bits per heavy atom. The maximum absolute atomic E-state index is 13.8. The third-order valence-electron chi connectivity index (χ3n) is 6.10. The summed E-state index contributed by atoms with van der Waals surface area (Å²) in [6.07, 6.45) is 5.54. The largest absolute Gasteiger partial charge is 0.290 e. The number of Topliss-reactive ketones (excluding diaryl/α,β-unsaturated/α-hetero) is 1. The summed E-state index contributed by atoms with van der Waals surface area (Å²) >= 11 is 0. The lowest BCUT2D eigenvalue weighted by Crippen LogP contribution is -2.35. The summed E-state index contributed by atoms with van der Waals surface area (Å²) in [6.45, 7) is 4.53. The van der Waals surface area contributed by atoms with Gasteiger partial charge in [-0.2, -0.15) is 0 Å². The second-order valence-corrected chi connectivity index (χ2v) is 11.3. The number of hydrogen-bond donors (Lipinski definition) is 0. The minimum atomic E-state index is -2.31. The van der Waals surface area contributed by atoms with E-state index in [0.29, 0.717) is 0 Å². The summed E-state index contributed by atoms with van der Waals surface area (Å²) in [5.41, 5.74) is 0. The van der Waals surface area contributed by atoms with E-state index in [1.807, 2.05) is 18.2 Å². The van der Waals surface area contributed by atoms with E-state index in [4.69, 9.17) is 0 Å². The van der Waals surface area contributed by atoms with Crippen molar-refractivity contribution in [2.24, 2.45) is 5.92 Å². The molecule has 146 valence electrons. The normalized spacial score (nSPS) is 15.0. The van der Waals surface area contributed by atoms with Crippen LogP contribution in [0.1, 0.15) is 32.1 Å². The summed E-state index contributed by atoms with van der Waals surface area (Å²) in [5, 5.41) is 4.40. The summed E-state index contributed by atoms with van der Waals surface area (Å²) in [4.78, 5) is 13.8. The third-order valence-corrected chi connectivity index (χ3v) is 10.3. The van der Waals surface area contributed by atoms with Crippen molar-refractivity contribution in [2.45, 2.75) is 32.1 Å². The molecule has 4 rings (SSSR count). The monoisotopic (exact) mass is 399 g/mol. The van der Waals surface area contributed by atoms with Crippen molar-refractivity contribution in [1.82, 2.24) is 0 Å². The molecule has 1 fully saturated rings. The number of carbonyl (C=O) groups excluding carboxylic acids is 1. The summed E-state index contributed by atoms with van der Waals surface area (Å²) < 4.78 is 0. The van der Waals surface area contributed by atoms with Gasteiger partial charge < -0.3 is 0 Å². The lowest BCUT2D eigenvalue weighted by molar-refractivity contribution is -0.119. The van der Waals surface area contributed by atoms with Gasteiger partial charge in [0.1, 0.15) is 28.5 Å². The van der Waals surface area contributed by atoms with E-state index in [1.165, 1.54) is 22.3 Å². The number of carbonyl (C=O) groups is 1. The highest BCUT2D eigenvalue weighted by Crippen LogP contribution is 2.62. The molecule has 0 radical (unpaired) electrons. The van der Waals surface area contributed by atoms with Gasteiger partial charge in [-0.3, -0.25) is 4.79 Å². The van der Waals surface area contributed by atoms with Crippen LogP contribution in [0.5, 0.6) is 0 Å². The predicted octanol–water partition coefficient (Wildman–Crippen LogP) is 5.64. The fraction of sp³-hybridized carbons (Fsp3) is 0.222. The van der Waals surface area contributed by atoms with E-state index in [-0.39, 0.29) is 11.7 Å². The van der Waals surface area contributed by atoms with Crippen LogP contribution in [0.3, 0.4) is 0 Å². The second kappa shape index (κ2) is 8.89. The average molecular weight is 399 g/mol. The van der Waals surface area contributed by atoms with Crippen LogP contribution in [0.15, 0.2) is 103 Å². The highest BCUT2D eigenvalue weighted by molar-refractivity contribution is 7.99. The van der Waals surface area contributed by atoms with Crippen LogP contribution in [0.2, 0.25) is 0 Å². The first-order valence-corrected chi connectivity index (χ1v) is 12.3. The smallest absolute Gasteiger partial charge is 0.201 e. The van der Waals surface area contributed by atoms with Gasteiger partial charge in [-0.1, -0.05) is 80.4 Å². The Balaban J connectivity index is 1.95. The van der Waals surface area contributed by atoms with E-state index in [9.17, 15) is 4.79 Å². The molecular formula is C27H28OP+. The first kappa shape index (κ1) is 19.8. The van der Waals surface area contributed by atoms with Crippen molar-refractivity contribution >= 4 is 29.0 Å². The van der Waals surface area contributed by atoms with Gasteiger partial charge in [0, 0.05) is 5.92 Å². The van der Waals surface area contributed by atoms with E-state index < -0.39 is 7.26 Å². The maximum Gasteiger partial charge on any atom is 0.201 e. The average Bonchev–Trinajstić information content (AvgIpc) is 2.82. The molecule has 0 bridgehead atoms. The van der Waals surface area contributed by atoms with Gasteiger partial charge in [-0.15, -0.1) is 0 Å². The Kier molecular flexibility index (Phi) is 6.07. The SMILES string of the molecule is C=C(C(=O)C1CCCCC1)[P+](c1ccccc1)(c1ccccc1)c1ccccc1. The van der Waals surface area contributed by atoms with Crippen molar-refractivity contribution in [2.75, 3.05) is 0 Å². The topological polar surface area (TPSA) is 17.1 Å². The van der Waals surface area contributed by atoms with Crippen molar-refractivity contribution in [3.05, 3.63) is 103 Å². The molecule has 1 saturated carbocycles. The molecule has 1 nitrogen and oxygen atoms in total. The Labute approximate surface area is 174 Å². The molecule has 29 heavy (non-hydrogen) atoms. The Hall–Kier alpha value is -2.50. The Morgan fingerprint density at radius 3 is 1.41 bits per heavy atom. The van der Waals surface area contributed by atoms with Crippen LogP contribution >= 0.6 is 7.26 Å². The maximum atomic E-state index is 13.8. The van der Waals surface area contributed by atoms with E-state index in [2.05, 4.69) is 79.4 Å². The number of allylic oxidation sites excluding steroid dienone is 1. The van der Waals surface area contributed by atoms with Gasteiger partial charge in [0.2, 0.25) is 5.78 Å². The standard InChI is InChI=1S/C27H28OP/c1-22(27(28)23-14-6-2-7-15-23)29(24-16-8-3-9-17-24,25-18-10-4-11-19-25)26-20-12-5-13-21-26/h3-5,8-13,16-21,23H,1-2,6-7,14-15H2/q+1. The molecule has 0 heterocycles. The zero-order valence-corrected chi connectivity index (χ0v) is 17.7. The Bertz CT molecular complexity index is 861. The van der Waals surface area contributed by atoms with Crippen LogP contribution in [-0.4, -0.2) is 5.78 Å². The first-order chi connectivity index (χ1) is 14.2. The van der Waals surface area contributed by atoms with Gasteiger partial charge in [0.15, 0.2) is 0 Å². The van der Waals surface area contributed by atoms with Gasteiger partial charge in [0.25, 0.3) is 0 Å². The third kappa shape index (κ3) is 3.72. The minimum absolute atomic E-state index is 0.117. The fourth-order valence-corrected chi connectivity index (χ4v) is 8.84.